The van der Waals surface area contributed by atoms with Gasteiger partial charge in [-0.15, -0.1) is 0 Å². The molecule has 1 unspecified atom stereocenters. The fourth-order valence-electron chi connectivity index (χ4n) is 2.72. The Morgan fingerprint density at radius 3 is 3.00 bits per heavy atom. The summed E-state index contributed by atoms with van der Waals surface area (Å²) in [6.07, 6.45) is 3.69. The third-order valence-corrected chi connectivity index (χ3v) is 3.90. The largest absolute Gasteiger partial charge is 0.355 e. The van der Waals surface area contributed by atoms with Crippen LogP contribution in [0.3, 0.4) is 0 Å². The Hall–Kier alpha value is -1.20. The predicted molar refractivity (Wildman–Crippen MR) is 80.5 cm³/mol. The summed E-state index contributed by atoms with van der Waals surface area (Å²) in [5.74, 6) is 0.668. The van der Waals surface area contributed by atoms with E-state index in [-0.39, 0.29) is 5.82 Å². The standard InChI is InChI=1S/C15H25FN4/c1-4-17-9-12-8-13(16)10-18-15(12)20-7-5-6-14(11-20)19(2)3/h8,10,14,17H,4-7,9,11H2,1-3H3. The summed E-state index contributed by atoms with van der Waals surface area (Å²) in [5, 5.41) is 3.26. The first kappa shape index (κ1) is 15.2. The molecular formula is C15H25FN4. The molecule has 20 heavy (non-hydrogen) atoms. The highest BCUT2D eigenvalue weighted by Crippen LogP contribution is 2.23. The van der Waals surface area contributed by atoms with Gasteiger partial charge in [0.2, 0.25) is 0 Å². The molecule has 0 radical (unpaired) electrons. The van der Waals surface area contributed by atoms with Gasteiger partial charge < -0.3 is 15.1 Å². The van der Waals surface area contributed by atoms with E-state index in [1.165, 1.54) is 12.6 Å². The van der Waals surface area contributed by atoms with Crippen LogP contribution < -0.4 is 10.2 Å². The van der Waals surface area contributed by atoms with Crippen LogP contribution in [0.5, 0.6) is 0 Å². The number of nitrogens with zero attached hydrogens (tertiary/aromatic N) is 3. The molecule has 0 bridgehead atoms. The summed E-state index contributed by atoms with van der Waals surface area (Å²) in [5.41, 5.74) is 0.950. The third kappa shape index (κ3) is 3.67. The molecule has 0 aliphatic carbocycles. The summed E-state index contributed by atoms with van der Waals surface area (Å²) in [6, 6.07) is 2.15. The van der Waals surface area contributed by atoms with Gasteiger partial charge in [0.05, 0.1) is 6.20 Å². The smallest absolute Gasteiger partial charge is 0.141 e. The fraction of sp³-hybridized carbons (Fsp3) is 0.667. The topological polar surface area (TPSA) is 31.4 Å². The highest BCUT2D eigenvalue weighted by Gasteiger charge is 2.24. The predicted octanol–water partition coefficient (Wildman–Crippen LogP) is 1.86. The Morgan fingerprint density at radius 1 is 1.50 bits per heavy atom. The Morgan fingerprint density at radius 2 is 2.30 bits per heavy atom. The van der Waals surface area contributed by atoms with Gasteiger partial charge in [-0.2, -0.15) is 0 Å². The number of likely N-dealkylation sites (N-methyl/N-ethyl adjacent to an activating group) is 1. The summed E-state index contributed by atoms with van der Waals surface area (Å²) < 4.78 is 13.4. The molecule has 0 amide bonds. The molecule has 2 rings (SSSR count). The van der Waals surface area contributed by atoms with Crippen LogP contribution in [0.15, 0.2) is 12.3 Å². The van der Waals surface area contributed by atoms with Crippen molar-refractivity contribution >= 4 is 5.82 Å². The number of hydrogen-bond acceptors (Lipinski definition) is 4. The molecule has 1 aliphatic rings. The van der Waals surface area contributed by atoms with Crippen molar-refractivity contribution in [3.8, 4) is 0 Å². The number of nitrogens with one attached hydrogen (secondary N) is 1. The van der Waals surface area contributed by atoms with Gasteiger partial charge >= 0.3 is 0 Å². The zero-order valence-electron chi connectivity index (χ0n) is 12.7. The molecular weight excluding hydrogens is 255 g/mol. The van der Waals surface area contributed by atoms with Crippen LogP contribution >= 0.6 is 0 Å². The van der Waals surface area contributed by atoms with Crippen molar-refractivity contribution in [1.29, 1.82) is 0 Å². The lowest BCUT2D eigenvalue weighted by Crippen LogP contribution is -2.45. The van der Waals surface area contributed by atoms with E-state index in [0.29, 0.717) is 12.6 Å². The summed E-state index contributed by atoms with van der Waals surface area (Å²) in [4.78, 5) is 8.90. The van der Waals surface area contributed by atoms with Gasteiger partial charge in [0.15, 0.2) is 0 Å². The molecule has 1 atom stereocenters. The Balaban J connectivity index is 2.17. The first-order valence-corrected chi connectivity index (χ1v) is 7.38. The molecule has 1 aromatic heterocycles. The number of piperidine rings is 1. The Kier molecular flexibility index (Phi) is 5.31. The van der Waals surface area contributed by atoms with Crippen molar-refractivity contribution < 1.29 is 4.39 Å². The second kappa shape index (κ2) is 6.99. The molecule has 0 aromatic carbocycles. The summed E-state index contributed by atoms with van der Waals surface area (Å²) in [7, 11) is 4.23. The van der Waals surface area contributed by atoms with Gasteiger partial charge in [-0.05, 0) is 39.5 Å². The van der Waals surface area contributed by atoms with Crippen molar-refractivity contribution in [2.24, 2.45) is 0 Å². The highest BCUT2D eigenvalue weighted by molar-refractivity contribution is 5.47. The zero-order chi connectivity index (χ0) is 14.5. The number of hydrogen-bond donors (Lipinski definition) is 1. The van der Waals surface area contributed by atoms with Crippen molar-refractivity contribution in [2.75, 3.05) is 38.6 Å². The molecule has 112 valence electrons. The first-order valence-electron chi connectivity index (χ1n) is 7.38. The molecule has 4 nitrogen and oxygen atoms in total. The maximum absolute atomic E-state index is 13.4. The van der Waals surface area contributed by atoms with E-state index in [2.05, 4.69) is 41.1 Å². The fourth-order valence-corrected chi connectivity index (χ4v) is 2.72. The SMILES string of the molecule is CCNCc1cc(F)cnc1N1CCCC(N(C)C)C1. The monoisotopic (exact) mass is 280 g/mol. The number of rotatable bonds is 5. The minimum Gasteiger partial charge on any atom is -0.355 e. The average molecular weight is 280 g/mol. The number of pyridine rings is 1. The molecule has 2 heterocycles. The van der Waals surface area contributed by atoms with Crippen molar-refractivity contribution in [3.05, 3.63) is 23.6 Å². The Labute approximate surface area is 121 Å². The van der Waals surface area contributed by atoms with E-state index in [9.17, 15) is 4.39 Å². The molecule has 0 saturated carbocycles. The molecule has 0 spiro atoms. The van der Waals surface area contributed by atoms with Crippen molar-refractivity contribution in [2.45, 2.75) is 32.4 Å². The second-order valence-electron chi connectivity index (χ2n) is 5.62. The van der Waals surface area contributed by atoms with Crippen LogP contribution in [0.25, 0.3) is 0 Å². The van der Waals surface area contributed by atoms with E-state index in [1.54, 1.807) is 6.07 Å². The van der Waals surface area contributed by atoms with Gasteiger partial charge in [-0.1, -0.05) is 6.92 Å². The highest BCUT2D eigenvalue weighted by atomic mass is 19.1. The first-order chi connectivity index (χ1) is 9.61. The number of halogens is 1. The lowest BCUT2D eigenvalue weighted by Gasteiger charge is -2.37. The minimum atomic E-state index is -0.261. The van der Waals surface area contributed by atoms with Crippen LogP contribution in [-0.4, -0.2) is 49.7 Å². The molecule has 1 fully saturated rings. The molecule has 1 aromatic rings. The second-order valence-corrected chi connectivity index (χ2v) is 5.62. The molecule has 5 heteroatoms. The van der Waals surface area contributed by atoms with Gasteiger partial charge in [0.1, 0.15) is 11.6 Å². The zero-order valence-corrected chi connectivity index (χ0v) is 12.7. The van der Waals surface area contributed by atoms with Gasteiger partial charge in [-0.3, -0.25) is 0 Å². The average Bonchev–Trinajstić information content (AvgIpc) is 2.45. The lowest BCUT2D eigenvalue weighted by molar-refractivity contribution is 0.257. The van der Waals surface area contributed by atoms with Gasteiger partial charge in [-0.25, -0.2) is 9.37 Å². The number of aromatic nitrogens is 1. The van der Waals surface area contributed by atoms with Crippen LogP contribution in [-0.2, 0) is 6.54 Å². The van der Waals surface area contributed by atoms with E-state index >= 15 is 0 Å². The van der Waals surface area contributed by atoms with E-state index in [1.807, 2.05) is 0 Å². The van der Waals surface area contributed by atoms with Crippen molar-refractivity contribution in [1.82, 2.24) is 15.2 Å². The maximum atomic E-state index is 13.4. The van der Waals surface area contributed by atoms with Crippen LogP contribution in [0.1, 0.15) is 25.3 Å². The summed E-state index contributed by atoms with van der Waals surface area (Å²) in [6.45, 7) is 5.55. The van der Waals surface area contributed by atoms with Gasteiger partial charge in [0, 0.05) is 31.2 Å². The van der Waals surface area contributed by atoms with Gasteiger partial charge in [0.25, 0.3) is 0 Å². The normalized spacial score (nSPS) is 19.6. The lowest BCUT2D eigenvalue weighted by atomic mass is 10.0. The maximum Gasteiger partial charge on any atom is 0.141 e. The third-order valence-electron chi connectivity index (χ3n) is 3.90. The van der Waals surface area contributed by atoms with Crippen LogP contribution in [0, 0.1) is 5.82 Å². The summed E-state index contributed by atoms with van der Waals surface area (Å²) >= 11 is 0. The molecule has 1 saturated heterocycles. The minimum absolute atomic E-state index is 0.261. The van der Waals surface area contributed by atoms with E-state index in [4.69, 9.17) is 0 Å². The quantitative estimate of drug-likeness (QED) is 0.892. The van der Waals surface area contributed by atoms with Crippen LogP contribution in [0.2, 0.25) is 0 Å². The van der Waals surface area contributed by atoms with Crippen LogP contribution in [0.4, 0.5) is 10.2 Å². The van der Waals surface area contributed by atoms with E-state index in [0.717, 1.165) is 37.4 Å². The molecule has 1 N–H and O–H groups in total. The molecule has 1 aliphatic heterocycles. The van der Waals surface area contributed by atoms with E-state index < -0.39 is 0 Å². The Bertz CT molecular complexity index is 436. The van der Waals surface area contributed by atoms with Crippen molar-refractivity contribution in [3.63, 3.8) is 0 Å². The number of anilines is 1.